The molecule has 3 aromatic rings. The summed E-state index contributed by atoms with van der Waals surface area (Å²) in [6, 6.07) is 5.35. The topological polar surface area (TPSA) is 90.7 Å². The Labute approximate surface area is 147 Å². The average Bonchev–Trinajstić information content (AvgIpc) is 2.96. The van der Waals surface area contributed by atoms with Crippen LogP contribution >= 0.6 is 11.6 Å². The van der Waals surface area contributed by atoms with Crippen molar-refractivity contribution in [2.45, 2.75) is 25.7 Å². The number of benzene rings is 1. The van der Waals surface area contributed by atoms with E-state index in [1.54, 1.807) is 10.6 Å². The van der Waals surface area contributed by atoms with Gasteiger partial charge in [-0.15, -0.1) is 0 Å². The Morgan fingerprint density at radius 3 is 2.76 bits per heavy atom. The van der Waals surface area contributed by atoms with E-state index in [0.29, 0.717) is 36.6 Å². The van der Waals surface area contributed by atoms with Gasteiger partial charge >= 0.3 is 6.09 Å². The van der Waals surface area contributed by atoms with E-state index in [1.165, 1.54) is 4.90 Å². The fourth-order valence-electron chi connectivity index (χ4n) is 3.55. The van der Waals surface area contributed by atoms with Crippen LogP contribution in [0.15, 0.2) is 23.0 Å². The van der Waals surface area contributed by atoms with Crippen molar-refractivity contribution in [3.8, 4) is 0 Å². The number of likely N-dealkylation sites (tertiary alicyclic amines) is 1. The predicted molar refractivity (Wildman–Crippen MR) is 94.6 cm³/mol. The summed E-state index contributed by atoms with van der Waals surface area (Å²) in [5, 5.41) is 15.0. The Balaban J connectivity index is 1.86. The fraction of sp³-hybridized carbons (Fsp3) is 0.353. The lowest BCUT2D eigenvalue weighted by molar-refractivity contribution is 0.131. The number of H-pyrrole nitrogens is 1. The minimum Gasteiger partial charge on any atom is -0.465 e. The standard InChI is InChI=1S/C17H17ClN4O3/c1-9-2-3-11-14(15(9)18)16-19-13(23)8-12(22(16)20-11)10-4-6-21(7-5-10)17(24)25/h2-3,8,10H,4-7H2,1H3,(H,19,23)(H,24,25). The quantitative estimate of drug-likeness (QED) is 0.698. The number of amides is 1. The molecule has 1 aliphatic rings. The Bertz CT molecular complexity index is 1050. The molecule has 0 radical (unpaired) electrons. The van der Waals surface area contributed by atoms with E-state index in [2.05, 4.69) is 10.1 Å². The number of carbonyl (C=O) groups is 1. The number of halogens is 1. The first-order chi connectivity index (χ1) is 12.0. The molecule has 3 heterocycles. The van der Waals surface area contributed by atoms with Crippen molar-refractivity contribution < 1.29 is 9.90 Å². The Morgan fingerprint density at radius 1 is 1.36 bits per heavy atom. The zero-order chi connectivity index (χ0) is 17.7. The lowest BCUT2D eigenvalue weighted by Gasteiger charge is -2.30. The number of aryl methyl sites for hydroxylation is 1. The summed E-state index contributed by atoms with van der Waals surface area (Å²) in [6.45, 7) is 2.82. The summed E-state index contributed by atoms with van der Waals surface area (Å²) in [5.74, 6) is 0.0783. The molecule has 0 spiro atoms. The lowest BCUT2D eigenvalue weighted by Crippen LogP contribution is -2.37. The van der Waals surface area contributed by atoms with Crippen molar-refractivity contribution >= 4 is 34.2 Å². The van der Waals surface area contributed by atoms with Gasteiger partial charge in [0.25, 0.3) is 5.56 Å². The number of nitrogens with zero attached hydrogens (tertiary/aromatic N) is 3. The van der Waals surface area contributed by atoms with Gasteiger partial charge in [-0.3, -0.25) is 4.79 Å². The van der Waals surface area contributed by atoms with Crippen molar-refractivity contribution in [3.63, 3.8) is 0 Å². The van der Waals surface area contributed by atoms with Crippen LogP contribution in [0, 0.1) is 6.92 Å². The molecule has 4 rings (SSSR count). The molecule has 0 unspecified atom stereocenters. The van der Waals surface area contributed by atoms with Crippen LogP contribution in [0.1, 0.15) is 30.0 Å². The summed E-state index contributed by atoms with van der Waals surface area (Å²) in [6.07, 6.45) is 0.420. The number of aromatic nitrogens is 3. The van der Waals surface area contributed by atoms with Crippen molar-refractivity contribution in [2.75, 3.05) is 13.1 Å². The molecule has 0 aliphatic carbocycles. The SMILES string of the molecule is Cc1ccc2nn3c(C4CCN(C(=O)O)CC4)cc(=O)[nH]c3c2c1Cl. The molecule has 25 heavy (non-hydrogen) atoms. The van der Waals surface area contributed by atoms with Crippen LogP contribution in [0.3, 0.4) is 0 Å². The average molecular weight is 361 g/mol. The van der Waals surface area contributed by atoms with E-state index < -0.39 is 6.09 Å². The monoisotopic (exact) mass is 360 g/mol. The molecule has 2 aromatic heterocycles. The van der Waals surface area contributed by atoms with Gasteiger partial charge in [0.05, 0.1) is 21.6 Å². The number of nitrogens with one attached hydrogen (secondary N) is 1. The van der Waals surface area contributed by atoms with Gasteiger partial charge in [-0.05, 0) is 31.4 Å². The number of fused-ring (bicyclic) bond motifs is 3. The van der Waals surface area contributed by atoms with Crippen LogP contribution < -0.4 is 5.56 Å². The zero-order valence-corrected chi connectivity index (χ0v) is 14.4. The Hall–Kier alpha value is -2.54. The molecule has 7 nitrogen and oxygen atoms in total. The molecular formula is C17H17ClN4O3. The predicted octanol–water partition coefficient (Wildman–Crippen LogP) is 3.00. The summed E-state index contributed by atoms with van der Waals surface area (Å²) >= 11 is 6.44. The number of hydrogen-bond acceptors (Lipinski definition) is 3. The molecule has 1 aromatic carbocycles. The molecule has 8 heteroatoms. The van der Waals surface area contributed by atoms with Gasteiger partial charge in [0.2, 0.25) is 0 Å². The second-order valence-corrected chi connectivity index (χ2v) is 6.83. The van der Waals surface area contributed by atoms with E-state index in [9.17, 15) is 9.59 Å². The van der Waals surface area contributed by atoms with Crippen LogP contribution in [-0.4, -0.2) is 43.8 Å². The summed E-state index contributed by atoms with van der Waals surface area (Å²) < 4.78 is 1.75. The van der Waals surface area contributed by atoms with Gasteiger partial charge in [0.15, 0.2) is 0 Å². The van der Waals surface area contributed by atoms with Gasteiger partial charge in [0, 0.05) is 25.1 Å². The Morgan fingerprint density at radius 2 is 2.08 bits per heavy atom. The minimum atomic E-state index is -0.901. The van der Waals surface area contributed by atoms with Gasteiger partial charge in [-0.25, -0.2) is 9.31 Å². The molecule has 1 aliphatic heterocycles. The van der Waals surface area contributed by atoms with E-state index in [4.69, 9.17) is 16.7 Å². The maximum atomic E-state index is 12.2. The first-order valence-corrected chi connectivity index (χ1v) is 8.52. The van der Waals surface area contributed by atoms with Crippen LogP contribution in [0.2, 0.25) is 5.02 Å². The summed E-state index contributed by atoms with van der Waals surface area (Å²) in [7, 11) is 0. The van der Waals surface area contributed by atoms with E-state index in [-0.39, 0.29) is 11.5 Å². The van der Waals surface area contributed by atoms with Crippen molar-refractivity contribution in [1.82, 2.24) is 19.5 Å². The second-order valence-electron chi connectivity index (χ2n) is 6.45. The third-order valence-electron chi connectivity index (χ3n) is 4.92. The van der Waals surface area contributed by atoms with Gasteiger partial charge in [-0.2, -0.15) is 5.10 Å². The lowest BCUT2D eigenvalue weighted by atomic mass is 9.93. The molecule has 130 valence electrons. The van der Waals surface area contributed by atoms with E-state index >= 15 is 0 Å². The van der Waals surface area contributed by atoms with Gasteiger partial charge < -0.3 is 15.0 Å². The highest BCUT2D eigenvalue weighted by Crippen LogP contribution is 2.32. The van der Waals surface area contributed by atoms with Crippen molar-refractivity contribution in [2.24, 2.45) is 0 Å². The number of carboxylic acid groups (broad SMARTS) is 1. The maximum absolute atomic E-state index is 12.2. The number of hydrogen-bond donors (Lipinski definition) is 2. The second kappa shape index (κ2) is 5.77. The molecule has 2 N–H and O–H groups in total. The number of piperidine rings is 1. The van der Waals surface area contributed by atoms with Crippen molar-refractivity contribution in [1.29, 1.82) is 0 Å². The number of rotatable bonds is 1. The van der Waals surface area contributed by atoms with Crippen LogP contribution in [0.4, 0.5) is 4.79 Å². The van der Waals surface area contributed by atoms with Crippen LogP contribution in [0.5, 0.6) is 0 Å². The van der Waals surface area contributed by atoms with Gasteiger partial charge in [0.1, 0.15) is 5.65 Å². The fourth-order valence-corrected chi connectivity index (χ4v) is 3.80. The van der Waals surface area contributed by atoms with E-state index in [0.717, 1.165) is 22.2 Å². The largest absolute Gasteiger partial charge is 0.465 e. The number of aromatic amines is 1. The molecule has 1 fully saturated rings. The minimum absolute atomic E-state index is 0.0783. The van der Waals surface area contributed by atoms with Gasteiger partial charge in [-0.1, -0.05) is 17.7 Å². The first-order valence-electron chi connectivity index (χ1n) is 8.14. The normalized spacial score (nSPS) is 16.0. The zero-order valence-electron chi connectivity index (χ0n) is 13.6. The smallest absolute Gasteiger partial charge is 0.407 e. The van der Waals surface area contributed by atoms with E-state index in [1.807, 2.05) is 19.1 Å². The maximum Gasteiger partial charge on any atom is 0.407 e. The summed E-state index contributed by atoms with van der Waals surface area (Å²) in [4.78, 5) is 27.5. The Kier molecular flexibility index (Phi) is 3.68. The molecular weight excluding hydrogens is 344 g/mol. The molecule has 0 saturated carbocycles. The van der Waals surface area contributed by atoms with Crippen LogP contribution in [-0.2, 0) is 0 Å². The highest BCUT2D eigenvalue weighted by Gasteiger charge is 2.26. The third-order valence-corrected chi connectivity index (χ3v) is 5.41. The molecule has 1 saturated heterocycles. The highest BCUT2D eigenvalue weighted by atomic mass is 35.5. The van der Waals surface area contributed by atoms with Crippen molar-refractivity contribution in [3.05, 3.63) is 44.8 Å². The van der Waals surface area contributed by atoms with Crippen LogP contribution in [0.25, 0.3) is 16.6 Å². The first kappa shape index (κ1) is 16.0. The highest BCUT2D eigenvalue weighted by molar-refractivity contribution is 6.37. The third kappa shape index (κ3) is 2.55. The molecule has 0 atom stereocenters. The molecule has 0 bridgehead atoms. The molecule has 1 amide bonds. The summed E-state index contributed by atoms with van der Waals surface area (Å²) in [5.41, 5.74) is 2.83.